The second-order valence-corrected chi connectivity index (χ2v) is 8.47. The molecular weight excluding hydrogens is 393 g/mol. The molecule has 1 fully saturated rings. The SMILES string of the molecule is Cc1cc(O)c([C@@H](c2ccc(F)cc2)N2CCC(C)CC2)c(=O)n1Cc1ccccn1. The van der Waals surface area contributed by atoms with Crippen LogP contribution in [0.5, 0.6) is 5.75 Å². The number of aromatic hydroxyl groups is 1. The van der Waals surface area contributed by atoms with Gasteiger partial charge in [0, 0.05) is 11.9 Å². The molecule has 1 aliphatic heterocycles. The number of benzene rings is 1. The molecule has 3 heterocycles. The molecule has 1 saturated heterocycles. The molecule has 1 N–H and O–H groups in total. The van der Waals surface area contributed by atoms with Crippen molar-refractivity contribution in [3.63, 3.8) is 0 Å². The highest BCUT2D eigenvalue weighted by Crippen LogP contribution is 2.35. The fourth-order valence-corrected chi connectivity index (χ4v) is 4.37. The van der Waals surface area contributed by atoms with E-state index in [1.54, 1.807) is 29.0 Å². The summed E-state index contributed by atoms with van der Waals surface area (Å²) in [7, 11) is 0. The largest absolute Gasteiger partial charge is 0.507 e. The Morgan fingerprint density at radius 2 is 1.87 bits per heavy atom. The molecule has 0 bridgehead atoms. The van der Waals surface area contributed by atoms with Crippen LogP contribution in [0.3, 0.4) is 0 Å². The molecule has 0 unspecified atom stereocenters. The van der Waals surface area contributed by atoms with E-state index in [0.29, 0.717) is 23.7 Å². The summed E-state index contributed by atoms with van der Waals surface area (Å²) in [5, 5.41) is 10.9. The lowest BCUT2D eigenvalue weighted by molar-refractivity contribution is 0.154. The number of aromatic nitrogens is 2. The molecule has 0 amide bonds. The summed E-state index contributed by atoms with van der Waals surface area (Å²) in [4.78, 5) is 20.2. The van der Waals surface area contributed by atoms with Crippen LogP contribution in [0.1, 0.15) is 48.3 Å². The molecule has 0 spiro atoms. The monoisotopic (exact) mass is 421 g/mol. The van der Waals surface area contributed by atoms with Crippen LogP contribution < -0.4 is 5.56 Å². The number of likely N-dealkylation sites (tertiary alicyclic amines) is 1. The Hall–Kier alpha value is -2.99. The van der Waals surface area contributed by atoms with E-state index in [9.17, 15) is 14.3 Å². The van der Waals surface area contributed by atoms with Crippen molar-refractivity contribution in [1.82, 2.24) is 14.5 Å². The zero-order chi connectivity index (χ0) is 22.0. The standard InChI is InChI=1S/C25H28FN3O2/c1-17-10-13-28(14-11-17)24(19-6-8-20(26)9-7-19)23-22(30)15-18(2)29(25(23)31)16-21-5-3-4-12-27-21/h3-9,12,15,17,24,30H,10-11,13-14,16H2,1-2H3/t24-/m1/s1. The van der Waals surface area contributed by atoms with Gasteiger partial charge in [-0.2, -0.15) is 0 Å². The van der Waals surface area contributed by atoms with Crippen molar-refractivity contribution in [3.05, 3.63) is 93.4 Å². The smallest absolute Gasteiger partial charge is 0.260 e. The molecule has 0 aliphatic carbocycles. The van der Waals surface area contributed by atoms with Crippen molar-refractivity contribution >= 4 is 0 Å². The quantitative estimate of drug-likeness (QED) is 0.669. The van der Waals surface area contributed by atoms with E-state index in [-0.39, 0.29) is 17.1 Å². The zero-order valence-corrected chi connectivity index (χ0v) is 18.0. The number of hydrogen-bond acceptors (Lipinski definition) is 4. The van der Waals surface area contributed by atoms with Crippen molar-refractivity contribution in [2.24, 2.45) is 5.92 Å². The number of rotatable bonds is 5. The second kappa shape index (κ2) is 9.02. The Balaban J connectivity index is 1.83. The molecule has 31 heavy (non-hydrogen) atoms. The first-order valence-electron chi connectivity index (χ1n) is 10.8. The van der Waals surface area contributed by atoms with Crippen molar-refractivity contribution < 1.29 is 9.50 Å². The first-order valence-corrected chi connectivity index (χ1v) is 10.8. The van der Waals surface area contributed by atoms with Gasteiger partial charge >= 0.3 is 0 Å². The number of hydrogen-bond donors (Lipinski definition) is 1. The van der Waals surface area contributed by atoms with E-state index in [2.05, 4.69) is 16.8 Å². The normalized spacial score (nSPS) is 16.4. The number of aryl methyl sites for hydroxylation is 1. The summed E-state index contributed by atoms with van der Waals surface area (Å²) in [6, 6.07) is 13.0. The van der Waals surface area contributed by atoms with Crippen LogP contribution in [-0.4, -0.2) is 32.6 Å². The van der Waals surface area contributed by atoms with E-state index in [4.69, 9.17) is 0 Å². The predicted molar refractivity (Wildman–Crippen MR) is 119 cm³/mol. The van der Waals surface area contributed by atoms with Crippen molar-refractivity contribution in [2.45, 2.75) is 39.3 Å². The average Bonchev–Trinajstić information content (AvgIpc) is 2.76. The lowest BCUT2D eigenvalue weighted by Crippen LogP contribution is -2.40. The maximum Gasteiger partial charge on any atom is 0.260 e. The lowest BCUT2D eigenvalue weighted by atomic mass is 9.92. The summed E-state index contributed by atoms with van der Waals surface area (Å²) in [6.45, 7) is 6.00. The maximum atomic E-state index is 13.7. The first kappa shape index (κ1) is 21.2. The van der Waals surface area contributed by atoms with Crippen LogP contribution in [0.2, 0.25) is 0 Å². The van der Waals surface area contributed by atoms with Gasteiger partial charge in [-0.3, -0.25) is 14.7 Å². The molecule has 2 aromatic heterocycles. The summed E-state index contributed by atoms with van der Waals surface area (Å²) in [6.07, 6.45) is 3.74. The second-order valence-electron chi connectivity index (χ2n) is 8.47. The van der Waals surface area contributed by atoms with Crippen LogP contribution in [0.25, 0.3) is 0 Å². The highest BCUT2D eigenvalue weighted by Gasteiger charge is 2.31. The van der Waals surface area contributed by atoms with E-state index >= 15 is 0 Å². The molecule has 1 atom stereocenters. The molecule has 1 aromatic carbocycles. The van der Waals surface area contributed by atoms with Crippen molar-refractivity contribution in [3.8, 4) is 5.75 Å². The Morgan fingerprint density at radius 1 is 1.16 bits per heavy atom. The molecule has 1 aliphatic rings. The Kier molecular flexibility index (Phi) is 6.18. The van der Waals surface area contributed by atoms with Crippen molar-refractivity contribution in [2.75, 3.05) is 13.1 Å². The van der Waals surface area contributed by atoms with Gasteiger partial charge in [0.25, 0.3) is 5.56 Å². The van der Waals surface area contributed by atoms with Crippen LogP contribution in [-0.2, 0) is 6.54 Å². The minimum atomic E-state index is -0.434. The number of piperidine rings is 1. The number of pyridine rings is 2. The Bertz CT molecular complexity index is 1090. The summed E-state index contributed by atoms with van der Waals surface area (Å²) in [5.41, 5.74) is 2.34. The average molecular weight is 422 g/mol. The molecular formula is C25H28FN3O2. The fraction of sp³-hybridized carbons (Fsp3) is 0.360. The zero-order valence-electron chi connectivity index (χ0n) is 18.0. The minimum absolute atomic E-state index is 0.0206. The molecule has 162 valence electrons. The van der Waals surface area contributed by atoms with E-state index in [1.807, 2.05) is 25.1 Å². The molecule has 5 nitrogen and oxygen atoms in total. The van der Waals surface area contributed by atoms with Gasteiger partial charge in [0.15, 0.2) is 0 Å². The first-order chi connectivity index (χ1) is 14.9. The van der Waals surface area contributed by atoms with E-state index in [0.717, 1.165) is 37.2 Å². The van der Waals surface area contributed by atoms with Crippen LogP contribution in [0, 0.1) is 18.7 Å². The topological polar surface area (TPSA) is 58.4 Å². The van der Waals surface area contributed by atoms with Gasteiger partial charge in [-0.1, -0.05) is 25.1 Å². The van der Waals surface area contributed by atoms with Gasteiger partial charge in [0.2, 0.25) is 0 Å². The summed E-state index contributed by atoms with van der Waals surface area (Å²) >= 11 is 0. The van der Waals surface area contributed by atoms with Gasteiger partial charge in [-0.05, 0) is 74.7 Å². The third-order valence-electron chi connectivity index (χ3n) is 6.21. The van der Waals surface area contributed by atoms with E-state index in [1.165, 1.54) is 12.1 Å². The Labute approximate surface area is 181 Å². The van der Waals surface area contributed by atoms with Crippen molar-refractivity contribution in [1.29, 1.82) is 0 Å². The molecule has 4 rings (SSSR count). The minimum Gasteiger partial charge on any atom is -0.507 e. The third-order valence-corrected chi connectivity index (χ3v) is 6.21. The van der Waals surface area contributed by atoms with Gasteiger partial charge in [-0.15, -0.1) is 0 Å². The summed E-state index contributed by atoms with van der Waals surface area (Å²) in [5.74, 6) is 0.278. The number of halogens is 1. The highest BCUT2D eigenvalue weighted by molar-refractivity contribution is 5.41. The third kappa shape index (κ3) is 4.54. The van der Waals surface area contributed by atoms with E-state index < -0.39 is 6.04 Å². The van der Waals surface area contributed by atoms with Crippen LogP contribution in [0.4, 0.5) is 4.39 Å². The fourth-order valence-electron chi connectivity index (χ4n) is 4.37. The molecule has 0 saturated carbocycles. The van der Waals surface area contributed by atoms with Crippen LogP contribution >= 0.6 is 0 Å². The lowest BCUT2D eigenvalue weighted by Gasteiger charge is -2.37. The molecule has 3 aromatic rings. The Morgan fingerprint density at radius 3 is 2.52 bits per heavy atom. The molecule has 0 radical (unpaired) electrons. The highest BCUT2D eigenvalue weighted by atomic mass is 19.1. The van der Waals surface area contributed by atoms with Gasteiger partial charge in [0.1, 0.15) is 11.6 Å². The maximum absolute atomic E-state index is 13.7. The molecule has 6 heteroatoms. The van der Waals surface area contributed by atoms with Crippen LogP contribution in [0.15, 0.2) is 59.5 Å². The van der Waals surface area contributed by atoms with Gasteiger partial charge in [-0.25, -0.2) is 4.39 Å². The van der Waals surface area contributed by atoms with Gasteiger partial charge < -0.3 is 9.67 Å². The summed E-state index contributed by atoms with van der Waals surface area (Å²) < 4.78 is 15.3. The predicted octanol–water partition coefficient (Wildman–Crippen LogP) is 4.27. The number of nitrogens with zero attached hydrogens (tertiary/aromatic N) is 3. The van der Waals surface area contributed by atoms with Gasteiger partial charge in [0.05, 0.1) is 23.8 Å².